The van der Waals surface area contributed by atoms with Gasteiger partial charge in [0, 0.05) is 12.5 Å². The molecule has 58 heavy (non-hydrogen) atoms. The fourth-order valence-electron chi connectivity index (χ4n) is 6.08. The van der Waals surface area contributed by atoms with Gasteiger partial charge in [0.15, 0.2) is 19.7 Å². The Kier molecular flexibility index (Phi) is 13.5. The van der Waals surface area contributed by atoms with Gasteiger partial charge in [0.25, 0.3) is 0 Å². The minimum absolute atomic E-state index is 0.0497. The van der Waals surface area contributed by atoms with Crippen LogP contribution in [0.4, 0.5) is 0 Å². The normalized spacial score (nSPS) is 11.7. The second-order valence-electron chi connectivity index (χ2n) is 14.5. The van der Waals surface area contributed by atoms with Gasteiger partial charge in [0.1, 0.15) is 13.1 Å². The van der Waals surface area contributed by atoms with Crippen molar-refractivity contribution in [3.05, 3.63) is 121 Å². The van der Waals surface area contributed by atoms with Crippen molar-refractivity contribution in [2.24, 2.45) is 0 Å². The maximum atomic E-state index is 12.0. The average molecular weight is 825 g/mol. The molecule has 0 amide bonds. The molecule has 0 aliphatic heterocycles. The zero-order valence-corrected chi connectivity index (χ0v) is 35.2. The fraction of sp³-hybridized carbons (Fsp3) is 0.273. The lowest BCUT2D eigenvalue weighted by molar-refractivity contribution is -0.144. The van der Waals surface area contributed by atoms with Crippen LogP contribution in [-0.2, 0) is 47.1 Å². The topological polar surface area (TPSA) is 168 Å². The summed E-state index contributed by atoms with van der Waals surface area (Å²) in [6.07, 6.45) is 2.39. The number of carbonyl (C=O) groups is 2. The van der Waals surface area contributed by atoms with E-state index >= 15 is 0 Å². The number of carboxylic acids is 1. The lowest BCUT2D eigenvalue weighted by Gasteiger charge is -2.09. The number of nitrogens with zero attached hydrogens (tertiary/aromatic N) is 4. The summed E-state index contributed by atoms with van der Waals surface area (Å²) in [7, 11) is -6.54. The highest BCUT2D eigenvalue weighted by Crippen LogP contribution is 2.30. The summed E-state index contributed by atoms with van der Waals surface area (Å²) in [4.78, 5) is 23.7. The number of sulfone groups is 2. The quantitative estimate of drug-likeness (QED) is 0.112. The van der Waals surface area contributed by atoms with Crippen molar-refractivity contribution in [3.63, 3.8) is 0 Å². The second kappa shape index (κ2) is 18.2. The van der Waals surface area contributed by atoms with Gasteiger partial charge < -0.3 is 9.84 Å². The van der Waals surface area contributed by atoms with Crippen molar-refractivity contribution >= 4 is 31.6 Å². The zero-order chi connectivity index (χ0) is 42.4. The molecule has 6 rings (SSSR count). The molecule has 304 valence electrons. The molecule has 0 saturated heterocycles. The molecule has 4 aromatic carbocycles. The van der Waals surface area contributed by atoms with E-state index < -0.39 is 25.6 Å². The summed E-state index contributed by atoms with van der Waals surface area (Å²) < 4.78 is 55.5. The number of aliphatic carboxylic acids is 1. The van der Waals surface area contributed by atoms with E-state index in [-0.39, 0.29) is 40.7 Å². The van der Waals surface area contributed by atoms with Gasteiger partial charge in [-0.3, -0.25) is 19.0 Å². The van der Waals surface area contributed by atoms with Crippen LogP contribution in [-0.4, -0.2) is 72.6 Å². The molecule has 14 heteroatoms. The smallest absolute Gasteiger partial charge is 0.327 e. The minimum atomic E-state index is -3.27. The third-order valence-electron chi connectivity index (χ3n) is 9.20. The number of aromatic nitrogens is 4. The molecule has 0 spiro atoms. The number of carboxylic acid groups (broad SMARTS) is 1. The highest BCUT2D eigenvalue weighted by atomic mass is 32.2. The van der Waals surface area contributed by atoms with Crippen LogP contribution in [0.3, 0.4) is 0 Å². The fourth-order valence-corrected chi connectivity index (χ4v) is 7.41. The van der Waals surface area contributed by atoms with Crippen molar-refractivity contribution < 1.29 is 36.3 Å². The van der Waals surface area contributed by atoms with Crippen LogP contribution in [0.15, 0.2) is 119 Å². The Bertz CT molecular complexity index is 2630. The molecule has 2 heterocycles. The number of benzene rings is 4. The lowest BCUT2D eigenvalue weighted by atomic mass is 10.0. The summed E-state index contributed by atoms with van der Waals surface area (Å²) in [5.41, 5.74) is 8.49. The van der Waals surface area contributed by atoms with E-state index in [9.17, 15) is 26.4 Å². The Morgan fingerprint density at radius 1 is 0.586 bits per heavy atom. The van der Waals surface area contributed by atoms with E-state index in [4.69, 9.17) is 9.84 Å². The predicted molar refractivity (Wildman–Crippen MR) is 225 cm³/mol. The molecule has 1 N–H and O–H groups in total. The Morgan fingerprint density at radius 2 is 0.966 bits per heavy atom. The number of carbonyl (C=O) groups excluding carboxylic acids is 1. The highest BCUT2D eigenvalue weighted by molar-refractivity contribution is 7.91. The van der Waals surface area contributed by atoms with Gasteiger partial charge in [-0.2, -0.15) is 10.2 Å². The average Bonchev–Trinajstić information content (AvgIpc) is 3.79. The van der Waals surface area contributed by atoms with E-state index in [0.717, 1.165) is 56.2 Å². The summed E-state index contributed by atoms with van der Waals surface area (Å²) in [6, 6.07) is 32.9. The van der Waals surface area contributed by atoms with Crippen molar-refractivity contribution in [1.82, 2.24) is 19.6 Å². The molecule has 0 unspecified atom stereocenters. The molecule has 0 radical (unpaired) electrons. The van der Waals surface area contributed by atoms with E-state index in [2.05, 4.69) is 24.0 Å². The van der Waals surface area contributed by atoms with Crippen LogP contribution in [0.1, 0.15) is 57.8 Å². The first-order valence-electron chi connectivity index (χ1n) is 18.7. The van der Waals surface area contributed by atoms with Crippen molar-refractivity contribution in [3.8, 4) is 44.8 Å². The lowest BCUT2D eigenvalue weighted by Crippen LogP contribution is -2.15. The maximum absolute atomic E-state index is 12.0. The molecule has 2 aromatic heterocycles. The molecule has 6 aromatic rings. The van der Waals surface area contributed by atoms with Gasteiger partial charge in [-0.05, 0) is 88.5 Å². The van der Waals surface area contributed by atoms with Crippen LogP contribution in [0.5, 0.6) is 0 Å². The van der Waals surface area contributed by atoms with Crippen LogP contribution in [0.2, 0.25) is 0 Å². The first kappa shape index (κ1) is 43.3. The summed E-state index contributed by atoms with van der Waals surface area (Å²) >= 11 is 0. The SMILES string of the molecule is CC(C)c1cc(-c2ccc(-c3cccc(S(C)(=O)=O)c3)cc2)n(CC(=O)O)n1.CCOC(=O)Cn1nc(C(C)C)cc1-c1ccc(-c2cccc(S(C)(=O)=O)c2)cc1. The van der Waals surface area contributed by atoms with Gasteiger partial charge in [-0.25, -0.2) is 16.8 Å². The third-order valence-corrected chi connectivity index (χ3v) is 11.4. The minimum Gasteiger partial charge on any atom is -0.480 e. The van der Waals surface area contributed by atoms with Gasteiger partial charge in [-0.15, -0.1) is 0 Å². The number of ether oxygens (including phenoxy) is 1. The van der Waals surface area contributed by atoms with E-state index in [1.54, 1.807) is 48.0 Å². The van der Waals surface area contributed by atoms with Crippen molar-refractivity contribution in [2.75, 3.05) is 19.1 Å². The summed E-state index contributed by atoms with van der Waals surface area (Å²) in [5.74, 6) is -0.864. The molecule has 12 nitrogen and oxygen atoms in total. The Balaban J connectivity index is 0.000000221. The molecule has 0 atom stereocenters. The standard InChI is InChI=1S/C23H26N2O4S.C21H22N2O4S/c1-5-29-23(26)15-25-22(14-21(24-25)16(2)3)18-11-9-17(10-12-18)19-7-6-8-20(13-19)30(4,27)28;1-14(2)19-12-20(23(22-19)13-21(24)25)16-9-7-15(8-10-16)17-5-4-6-18(11-17)28(3,26)27/h6-14,16H,5,15H2,1-4H3;4-12,14H,13H2,1-3H3,(H,24,25). The van der Waals surface area contributed by atoms with Crippen molar-refractivity contribution in [1.29, 1.82) is 0 Å². The van der Waals surface area contributed by atoms with Crippen LogP contribution in [0.25, 0.3) is 44.8 Å². The zero-order valence-electron chi connectivity index (χ0n) is 33.6. The van der Waals surface area contributed by atoms with E-state index in [0.29, 0.717) is 6.61 Å². The second-order valence-corrected chi connectivity index (χ2v) is 18.5. The van der Waals surface area contributed by atoms with Gasteiger partial charge in [0.2, 0.25) is 0 Å². The predicted octanol–water partition coefficient (Wildman–Crippen LogP) is 8.14. The molecule has 0 saturated carbocycles. The molecular weight excluding hydrogens is 777 g/mol. The van der Waals surface area contributed by atoms with Crippen LogP contribution >= 0.6 is 0 Å². The number of esters is 1. The van der Waals surface area contributed by atoms with Gasteiger partial charge in [0.05, 0.1) is 39.2 Å². The van der Waals surface area contributed by atoms with Gasteiger partial charge >= 0.3 is 11.9 Å². The van der Waals surface area contributed by atoms with Crippen molar-refractivity contribution in [2.45, 2.75) is 69.3 Å². The monoisotopic (exact) mass is 824 g/mol. The third kappa shape index (κ3) is 11.0. The summed E-state index contributed by atoms with van der Waals surface area (Å²) in [5, 5.41) is 18.2. The first-order chi connectivity index (χ1) is 27.3. The number of hydrogen-bond acceptors (Lipinski definition) is 9. The molecule has 0 fully saturated rings. The molecule has 0 aliphatic rings. The molecule has 0 bridgehead atoms. The Morgan fingerprint density at radius 3 is 1.31 bits per heavy atom. The van der Waals surface area contributed by atoms with Crippen LogP contribution < -0.4 is 0 Å². The van der Waals surface area contributed by atoms with E-state index in [1.165, 1.54) is 17.2 Å². The Labute approximate surface area is 340 Å². The summed E-state index contributed by atoms with van der Waals surface area (Å²) in [6.45, 7) is 10.1. The first-order valence-corrected chi connectivity index (χ1v) is 22.5. The largest absolute Gasteiger partial charge is 0.480 e. The highest BCUT2D eigenvalue weighted by Gasteiger charge is 2.17. The van der Waals surface area contributed by atoms with Gasteiger partial charge in [-0.1, -0.05) is 100 Å². The molecular formula is C44H48N4O8S2. The number of rotatable bonds is 13. The molecule has 0 aliphatic carbocycles. The van der Waals surface area contributed by atoms with E-state index in [1.807, 2.05) is 86.6 Å². The van der Waals surface area contributed by atoms with Crippen LogP contribution in [0, 0.1) is 0 Å². The number of hydrogen-bond donors (Lipinski definition) is 1. The maximum Gasteiger partial charge on any atom is 0.327 e. The Hall–Kier alpha value is -5.86.